The summed E-state index contributed by atoms with van der Waals surface area (Å²) >= 11 is 2.95. The van der Waals surface area contributed by atoms with Crippen LogP contribution in [0, 0.1) is 19.8 Å². The van der Waals surface area contributed by atoms with E-state index in [0.29, 0.717) is 12.0 Å². The summed E-state index contributed by atoms with van der Waals surface area (Å²) in [6.07, 6.45) is 10.7. The lowest BCUT2D eigenvalue weighted by Gasteiger charge is -2.25. The van der Waals surface area contributed by atoms with Gasteiger partial charge in [0.2, 0.25) is 0 Å². The number of carbonyl (C=O) groups is 2. The van der Waals surface area contributed by atoms with Crippen molar-refractivity contribution >= 4 is 35.5 Å². The lowest BCUT2D eigenvalue weighted by Crippen LogP contribution is -2.45. The van der Waals surface area contributed by atoms with Crippen LogP contribution in [-0.4, -0.2) is 48.4 Å². The number of rotatable bonds is 14. The largest absolute Gasteiger partial charge is 0.340 e. The summed E-state index contributed by atoms with van der Waals surface area (Å²) < 4.78 is 2.95. The molecular formula is C36H47N3O2S2. The summed E-state index contributed by atoms with van der Waals surface area (Å²) in [6, 6.07) is 21.7. The number of benzene rings is 3. The Morgan fingerprint density at radius 2 is 1.70 bits per heavy atom. The van der Waals surface area contributed by atoms with E-state index < -0.39 is 6.04 Å². The van der Waals surface area contributed by atoms with Crippen LogP contribution < -0.4 is 10.0 Å². The van der Waals surface area contributed by atoms with E-state index in [9.17, 15) is 9.59 Å². The first-order valence-corrected chi connectivity index (χ1v) is 17.8. The maximum Gasteiger partial charge on any atom is 0.252 e. The van der Waals surface area contributed by atoms with Crippen LogP contribution in [0.15, 0.2) is 71.6 Å². The lowest BCUT2D eigenvalue weighted by atomic mass is 9.87. The quantitative estimate of drug-likeness (QED) is 0.179. The number of hydrogen-bond donors (Lipinski definition) is 2. The Balaban J connectivity index is 1.50. The molecule has 3 aromatic carbocycles. The van der Waals surface area contributed by atoms with Gasteiger partial charge in [-0.2, -0.15) is 11.8 Å². The third-order valence-electron chi connectivity index (χ3n) is 8.38. The molecule has 5 nitrogen and oxygen atoms in total. The lowest BCUT2D eigenvalue weighted by molar-refractivity contribution is -0.121. The molecule has 230 valence electrons. The average Bonchev–Trinajstić information content (AvgIpc) is 3.02. The van der Waals surface area contributed by atoms with Gasteiger partial charge in [0.05, 0.1) is 0 Å². The SMILES string of the molecule is CSCCC(NC(=O)c1ccc(CN(C)CCC2CCCCC2)cc1-c1ccccc1C)C(=O)NSc1ccc(C)cc1. The second-order valence-corrected chi connectivity index (χ2v) is 13.8. The molecule has 0 heterocycles. The fraction of sp³-hybridized carbons (Fsp3) is 0.444. The molecule has 7 heteroatoms. The molecule has 0 radical (unpaired) electrons. The highest BCUT2D eigenvalue weighted by Crippen LogP contribution is 2.30. The second-order valence-electron chi connectivity index (χ2n) is 11.9. The van der Waals surface area contributed by atoms with Crippen molar-refractivity contribution in [2.45, 2.75) is 76.3 Å². The minimum Gasteiger partial charge on any atom is -0.340 e. The Labute approximate surface area is 267 Å². The van der Waals surface area contributed by atoms with Gasteiger partial charge >= 0.3 is 0 Å². The molecule has 2 amide bonds. The van der Waals surface area contributed by atoms with Crippen LogP contribution in [0.3, 0.4) is 0 Å². The monoisotopic (exact) mass is 617 g/mol. The summed E-state index contributed by atoms with van der Waals surface area (Å²) in [7, 11) is 2.19. The topological polar surface area (TPSA) is 61.4 Å². The first kappa shape index (κ1) is 33.2. The number of thioether (sulfide) groups is 1. The van der Waals surface area contributed by atoms with Crippen molar-refractivity contribution in [1.82, 2.24) is 14.9 Å². The number of carbonyl (C=O) groups excluding carboxylic acids is 2. The molecule has 43 heavy (non-hydrogen) atoms. The Hall–Kier alpha value is -2.74. The molecule has 1 atom stereocenters. The fourth-order valence-electron chi connectivity index (χ4n) is 5.78. The molecule has 2 N–H and O–H groups in total. The van der Waals surface area contributed by atoms with Gasteiger partial charge in [-0.3, -0.25) is 14.3 Å². The Kier molecular flexibility index (Phi) is 13.1. The molecular weight excluding hydrogens is 571 g/mol. The predicted molar refractivity (Wildman–Crippen MR) is 184 cm³/mol. The first-order chi connectivity index (χ1) is 20.8. The summed E-state index contributed by atoms with van der Waals surface area (Å²) in [6.45, 7) is 6.04. The first-order valence-electron chi connectivity index (χ1n) is 15.5. The summed E-state index contributed by atoms with van der Waals surface area (Å²) in [5, 5.41) is 3.07. The molecule has 0 aromatic heterocycles. The molecule has 1 saturated carbocycles. The zero-order valence-corrected chi connectivity index (χ0v) is 27.8. The van der Waals surface area contributed by atoms with Gasteiger partial charge in [0.1, 0.15) is 6.04 Å². The maximum atomic E-state index is 13.8. The molecule has 4 rings (SSSR count). The van der Waals surface area contributed by atoms with Crippen molar-refractivity contribution in [3.8, 4) is 11.1 Å². The van der Waals surface area contributed by atoms with Gasteiger partial charge in [0, 0.05) is 17.0 Å². The van der Waals surface area contributed by atoms with Crippen LogP contribution in [0.1, 0.15) is 72.0 Å². The molecule has 1 aliphatic carbocycles. The van der Waals surface area contributed by atoms with E-state index in [1.165, 1.54) is 61.6 Å². The molecule has 0 aliphatic heterocycles. The van der Waals surface area contributed by atoms with E-state index in [2.05, 4.69) is 53.2 Å². The molecule has 3 aromatic rings. The minimum absolute atomic E-state index is 0.193. The number of nitrogens with zero attached hydrogens (tertiary/aromatic N) is 1. The van der Waals surface area contributed by atoms with Crippen LogP contribution >= 0.6 is 23.7 Å². The van der Waals surface area contributed by atoms with Gasteiger partial charge in [0.15, 0.2) is 0 Å². The van der Waals surface area contributed by atoms with E-state index in [4.69, 9.17) is 0 Å². The highest BCUT2D eigenvalue weighted by Gasteiger charge is 2.24. The average molecular weight is 618 g/mol. The second kappa shape index (κ2) is 16.9. The highest BCUT2D eigenvalue weighted by atomic mass is 32.2. The van der Waals surface area contributed by atoms with Gasteiger partial charge in [-0.25, -0.2) is 0 Å². The summed E-state index contributed by atoms with van der Waals surface area (Å²) in [5.74, 6) is 1.21. The third-order valence-corrected chi connectivity index (χ3v) is 9.84. The van der Waals surface area contributed by atoms with E-state index in [1.54, 1.807) is 11.8 Å². The fourth-order valence-corrected chi connectivity index (χ4v) is 6.89. The normalized spacial score (nSPS) is 14.4. The molecule has 1 fully saturated rings. The van der Waals surface area contributed by atoms with Crippen LogP contribution in [0.4, 0.5) is 0 Å². The van der Waals surface area contributed by atoms with E-state index in [0.717, 1.165) is 46.3 Å². The van der Waals surface area contributed by atoms with Crippen molar-refractivity contribution in [2.24, 2.45) is 5.92 Å². The van der Waals surface area contributed by atoms with E-state index in [-0.39, 0.29) is 11.8 Å². The Morgan fingerprint density at radius 1 is 0.953 bits per heavy atom. The van der Waals surface area contributed by atoms with Crippen molar-refractivity contribution < 1.29 is 9.59 Å². The number of hydrogen-bond acceptors (Lipinski definition) is 5. The molecule has 0 spiro atoms. The van der Waals surface area contributed by atoms with E-state index in [1.807, 2.05) is 55.6 Å². The summed E-state index contributed by atoms with van der Waals surface area (Å²) in [5.41, 5.74) is 6.02. The summed E-state index contributed by atoms with van der Waals surface area (Å²) in [4.78, 5) is 30.4. The van der Waals surface area contributed by atoms with Crippen LogP contribution in [0.25, 0.3) is 11.1 Å². The van der Waals surface area contributed by atoms with Crippen molar-refractivity contribution in [1.29, 1.82) is 0 Å². The smallest absolute Gasteiger partial charge is 0.252 e. The van der Waals surface area contributed by atoms with Gasteiger partial charge in [-0.15, -0.1) is 0 Å². The minimum atomic E-state index is -0.631. The van der Waals surface area contributed by atoms with Gasteiger partial charge in [0.25, 0.3) is 11.8 Å². The number of amides is 2. The van der Waals surface area contributed by atoms with Gasteiger partial charge < -0.3 is 10.2 Å². The number of nitrogens with one attached hydrogen (secondary N) is 2. The Morgan fingerprint density at radius 3 is 2.42 bits per heavy atom. The van der Waals surface area contributed by atoms with Crippen LogP contribution in [-0.2, 0) is 11.3 Å². The third kappa shape index (κ3) is 10.2. The highest BCUT2D eigenvalue weighted by molar-refractivity contribution is 7.98. The zero-order chi connectivity index (χ0) is 30.6. The van der Waals surface area contributed by atoms with E-state index >= 15 is 0 Å². The standard InChI is InChI=1S/C36H47N3O2S2/c1-26-14-17-30(18-15-26)43-38-36(41)34(21-23-42-4)37-35(40)32-19-16-29(24-33(32)31-13-9-8-10-27(31)2)25-39(3)22-20-28-11-6-5-7-12-28/h8-10,13-19,24,28,34H,5-7,11-12,20-23,25H2,1-4H3,(H,37,40)(H,38,41). The van der Waals surface area contributed by atoms with Gasteiger partial charge in [-0.05, 0) is 117 Å². The van der Waals surface area contributed by atoms with Crippen LogP contribution in [0.2, 0.25) is 0 Å². The van der Waals surface area contributed by atoms with Crippen molar-refractivity contribution in [2.75, 3.05) is 25.6 Å². The van der Waals surface area contributed by atoms with Crippen molar-refractivity contribution in [3.05, 3.63) is 89.0 Å². The molecule has 0 bridgehead atoms. The zero-order valence-electron chi connectivity index (χ0n) is 26.2. The van der Waals surface area contributed by atoms with Gasteiger partial charge in [-0.1, -0.05) is 80.1 Å². The maximum absolute atomic E-state index is 13.8. The van der Waals surface area contributed by atoms with Crippen molar-refractivity contribution in [3.63, 3.8) is 0 Å². The molecule has 0 saturated heterocycles. The van der Waals surface area contributed by atoms with Crippen LogP contribution in [0.5, 0.6) is 0 Å². The molecule has 1 aliphatic rings. The Bertz CT molecular complexity index is 1340. The molecule has 1 unspecified atom stereocenters. The predicted octanol–water partition coefficient (Wildman–Crippen LogP) is 8.05. The number of aryl methyl sites for hydroxylation is 2.